The van der Waals surface area contributed by atoms with Crippen LogP contribution in [-0.4, -0.2) is 35.8 Å². The van der Waals surface area contributed by atoms with Gasteiger partial charge in [0.1, 0.15) is 29.5 Å². The number of oxazole rings is 1. The van der Waals surface area contributed by atoms with Gasteiger partial charge in [-0.15, -0.1) is 0 Å². The number of esters is 1. The molecular weight excluding hydrogens is 496 g/mol. The number of aromatic nitrogens is 1. The Balaban J connectivity index is 1.50. The summed E-state index contributed by atoms with van der Waals surface area (Å²) in [6, 6.07) is 18.6. The molecule has 0 fully saturated rings. The zero-order valence-electron chi connectivity index (χ0n) is 23.2. The number of nitrogens with one attached hydrogen (secondary N) is 1. The first-order valence-electron chi connectivity index (χ1n) is 12.8. The number of carbonyl (C=O) groups excluding carboxylic acids is 2. The van der Waals surface area contributed by atoms with Crippen molar-refractivity contribution in [2.45, 2.75) is 59.3 Å². The van der Waals surface area contributed by atoms with Crippen molar-refractivity contribution < 1.29 is 28.2 Å². The van der Waals surface area contributed by atoms with Gasteiger partial charge in [-0.25, -0.2) is 14.6 Å². The van der Waals surface area contributed by atoms with E-state index in [0.29, 0.717) is 18.1 Å². The van der Waals surface area contributed by atoms with E-state index in [9.17, 15) is 9.59 Å². The molecule has 0 radical (unpaired) electrons. The van der Waals surface area contributed by atoms with Crippen LogP contribution in [-0.2, 0) is 27.3 Å². The van der Waals surface area contributed by atoms with Crippen LogP contribution in [0.4, 0.5) is 4.79 Å². The molecule has 8 heteroatoms. The van der Waals surface area contributed by atoms with Gasteiger partial charge < -0.3 is 23.9 Å². The number of carbonyl (C=O) groups is 2. The number of hydrogen-bond donors (Lipinski definition) is 1. The fourth-order valence-corrected chi connectivity index (χ4v) is 4.38. The lowest BCUT2D eigenvalue weighted by Gasteiger charge is -2.23. The second-order valence-corrected chi connectivity index (χ2v) is 10.4. The summed E-state index contributed by atoms with van der Waals surface area (Å²) >= 11 is 0. The van der Waals surface area contributed by atoms with Crippen LogP contribution in [0.5, 0.6) is 5.75 Å². The maximum absolute atomic E-state index is 12.4. The number of methoxy groups -OCH3 is 1. The molecule has 0 aliphatic rings. The third-order valence-electron chi connectivity index (χ3n) is 6.03. The normalized spacial score (nSPS) is 12.2. The zero-order chi connectivity index (χ0) is 28.2. The van der Waals surface area contributed by atoms with Crippen molar-refractivity contribution in [2.75, 3.05) is 7.11 Å². The molecule has 1 N–H and O–H groups in total. The van der Waals surface area contributed by atoms with E-state index in [4.69, 9.17) is 18.6 Å². The van der Waals surface area contributed by atoms with E-state index in [-0.39, 0.29) is 6.42 Å². The minimum absolute atomic E-state index is 0.244. The monoisotopic (exact) mass is 530 g/mol. The Morgan fingerprint density at radius 3 is 2.33 bits per heavy atom. The summed E-state index contributed by atoms with van der Waals surface area (Å²) in [5.74, 6) is 0.759. The van der Waals surface area contributed by atoms with Crippen LogP contribution >= 0.6 is 0 Å². The molecule has 0 aliphatic heterocycles. The second kappa shape index (κ2) is 11.6. The summed E-state index contributed by atoms with van der Waals surface area (Å²) < 4.78 is 22.6. The summed E-state index contributed by atoms with van der Waals surface area (Å²) in [7, 11) is 1.29. The molecule has 0 saturated carbocycles. The van der Waals surface area contributed by atoms with Crippen LogP contribution < -0.4 is 10.1 Å². The molecule has 0 saturated heterocycles. The van der Waals surface area contributed by atoms with Crippen LogP contribution in [0.15, 0.2) is 65.1 Å². The van der Waals surface area contributed by atoms with Crippen molar-refractivity contribution in [3.05, 3.63) is 82.9 Å². The van der Waals surface area contributed by atoms with Gasteiger partial charge in [0.15, 0.2) is 5.58 Å². The quantitative estimate of drug-likeness (QED) is 0.267. The Morgan fingerprint density at radius 1 is 1.00 bits per heavy atom. The molecule has 0 aliphatic carbocycles. The number of hydrogen-bond acceptors (Lipinski definition) is 7. The first-order chi connectivity index (χ1) is 18.5. The molecule has 39 heavy (non-hydrogen) atoms. The maximum atomic E-state index is 12.4. The Morgan fingerprint density at radius 2 is 1.69 bits per heavy atom. The fourth-order valence-electron chi connectivity index (χ4n) is 4.38. The number of para-hydroxylation sites is 1. The van der Waals surface area contributed by atoms with E-state index < -0.39 is 23.7 Å². The SMILES string of the molecule is COC(=O)[C@H](Cc1cc(C)c(OCc2cccc3nc(-c4ccccc4)oc23)c(C)c1)NC(=O)OC(C)(C)C. The first-order valence-corrected chi connectivity index (χ1v) is 12.8. The molecule has 0 bridgehead atoms. The van der Waals surface area contributed by atoms with Crippen molar-refractivity contribution in [1.29, 1.82) is 0 Å². The molecule has 0 unspecified atom stereocenters. The predicted octanol–water partition coefficient (Wildman–Crippen LogP) is 6.30. The van der Waals surface area contributed by atoms with Crippen LogP contribution in [0.25, 0.3) is 22.6 Å². The van der Waals surface area contributed by atoms with Crippen LogP contribution in [0.2, 0.25) is 0 Å². The number of amides is 1. The lowest BCUT2D eigenvalue weighted by atomic mass is 10.00. The molecule has 3 aromatic carbocycles. The average Bonchev–Trinajstić information content (AvgIpc) is 3.32. The Kier molecular flexibility index (Phi) is 8.24. The molecule has 4 aromatic rings. The third-order valence-corrected chi connectivity index (χ3v) is 6.03. The molecular formula is C31H34N2O6. The number of aryl methyl sites for hydroxylation is 2. The van der Waals surface area contributed by atoms with Gasteiger partial charge in [0, 0.05) is 17.5 Å². The van der Waals surface area contributed by atoms with Crippen molar-refractivity contribution in [2.24, 2.45) is 0 Å². The summed E-state index contributed by atoms with van der Waals surface area (Å²) in [5.41, 5.74) is 5.24. The number of benzene rings is 3. The maximum Gasteiger partial charge on any atom is 0.408 e. The van der Waals surface area contributed by atoms with Crippen LogP contribution in [0, 0.1) is 13.8 Å². The van der Waals surface area contributed by atoms with E-state index >= 15 is 0 Å². The smallest absolute Gasteiger partial charge is 0.408 e. The topological polar surface area (TPSA) is 99.9 Å². The van der Waals surface area contributed by atoms with Crippen molar-refractivity contribution in [1.82, 2.24) is 10.3 Å². The van der Waals surface area contributed by atoms with E-state index in [2.05, 4.69) is 10.3 Å². The molecule has 1 amide bonds. The molecule has 8 nitrogen and oxygen atoms in total. The predicted molar refractivity (Wildman–Crippen MR) is 149 cm³/mol. The van der Waals surface area contributed by atoms with E-state index in [1.807, 2.05) is 74.5 Å². The lowest BCUT2D eigenvalue weighted by molar-refractivity contribution is -0.143. The fraction of sp³-hybridized carbons (Fsp3) is 0.323. The molecule has 1 atom stereocenters. The van der Waals surface area contributed by atoms with E-state index in [1.54, 1.807) is 20.8 Å². The number of ether oxygens (including phenoxy) is 3. The summed E-state index contributed by atoms with van der Waals surface area (Å²) in [6.45, 7) is 9.47. The van der Waals surface area contributed by atoms with Crippen molar-refractivity contribution in [3.63, 3.8) is 0 Å². The van der Waals surface area contributed by atoms with Gasteiger partial charge in [-0.3, -0.25) is 0 Å². The first kappa shape index (κ1) is 27.7. The van der Waals surface area contributed by atoms with E-state index in [1.165, 1.54) is 7.11 Å². The lowest BCUT2D eigenvalue weighted by Crippen LogP contribution is -2.45. The van der Waals surface area contributed by atoms with Gasteiger partial charge >= 0.3 is 12.1 Å². The van der Waals surface area contributed by atoms with Crippen LogP contribution in [0.3, 0.4) is 0 Å². The van der Waals surface area contributed by atoms with Crippen molar-refractivity contribution >= 4 is 23.2 Å². The molecule has 204 valence electrons. The van der Waals surface area contributed by atoms with Crippen LogP contribution in [0.1, 0.15) is 43.0 Å². The largest absolute Gasteiger partial charge is 0.488 e. The van der Waals surface area contributed by atoms with Gasteiger partial charge in [-0.1, -0.05) is 42.5 Å². The molecule has 4 rings (SSSR count). The molecule has 1 aromatic heterocycles. The highest BCUT2D eigenvalue weighted by molar-refractivity contribution is 5.82. The number of fused-ring (bicyclic) bond motifs is 1. The molecule has 1 heterocycles. The zero-order valence-corrected chi connectivity index (χ0v) is 23.2. The minimum atomic E-state index is -0.890. The van der Waals surface area contributed by atoms with E-state index in [0.717, 1.165) is 39.1 Å². The molecule has 0 spiro atoms. The third kappa shape index (κ3) is 6.96. The van der Waals surface area contributed by atoms with Gasteiger partial charge in [-0.05, 0) is 69.5 Å². The summed E-state index contributed by atoms with van der Waals surface area (Å²) in [5, 5.41) is 2.62. The van der Waals surface area contributed by atoms with Gasteiger partial charge in [0.2, 0.25) is 5.89 Å². The highest BCUT2D eigenvalue weighted by Gasteiger charge is 2.26. The standard InChI is InChI=1S/C31H34N2O6/c1-19-15-21(17-25(29(34)36-6)33-30(35)39-31(3,4)5)16-20(2)26(19)37-18-23-13-10-14-24-27(23)38-28(32-24)22-11-8-7-9-12-22/h7-16,25H,17-18H2,1-6H3,(H,33,35)/t25-/m0/s1. The Hall–Kier alpha value is -4.33. The Labute approximate surface area is 228 Å². The minimum Gasteiger partial charge on any atom is -0.488 e. The summed E-state index contributed by atoms with van der Waals surface area (Å²) in [4.78, 5) is 29.3. The Bertz CT molecular complexity index is 1450. The average molecular weight is 531 g/mol. The summed E-state index contributed by atoms with van der Waals surface area (Å²) in [6.07, 6.45) is -0.434. The van der Waals surface area contributed by atoms with Gasteiger partial charge in [0.25, 0.3) is 0 Å². The van der Waals surface area contributed by atoms with Gasteiger partial charge in [0.05, 0.1) is 7.11 Å². The number of nitrogens with zero attached hydrogens (tertiary/aromatic N) is 1. The highest BCUT2D eigenvalue weighted by Crippen LogP contribution is 2.30. The number of rotatable bonds is 8. The van der Waals surface area contributed by atoms with Gasteiger partial charge in [-0.2, -0.15) is 0 Å². The number of alkyl carbamates (subject to hydrolysis) is 1. The second-order valence-electron chi connectivity index (χ2n) is 10.4. The van der Waals surface area contributed by atoms with Crippen molar-refractivity contribution in [3.8, 4) is 17.2 Å². The highest BCUT2D eigenvalue weighted by atomic mass is 16.6.